The normalized spacial score (nSPS) is 11.2. The van der Waals surface area contributed by atoms with Crippen molar-refractivity contribution in [1.29, 1.82) is 0 Å². The molecule has 1 amide bonds. The van der Waals surface area contributed by atoms with Gasteiger partial charge in [-0.25, -0.2) is 12.8 Å². The maximum atomic E-state index is 13.7. The van der Waals surface area contributed by atoms with Gasteiger partial charge in [-0.3, -0.25) is 9.52 Å². The van der Waals surface area contributed by atoms with Gasteiger partial charge >= 0.3 is 0 Å². The predicted molar refractivity (Wildman–Crippen MR) is 112 cm³/mol. The Morgan fingerprint density at radius 2 is 1.48 bits per heavy atom. The lowest BCUT2D eigenvalue weighted by molar-refractivity contribution is 0.102. The van der Waals surface area contributed by atoms with E-state index in [4.69, 9.17) is 0 Å². The molecule has 150 valence electrons. The number of hydrogen-bond donors (Lipinski definition) is 2. The summed E-state index contributed by atoms with van der Waals surface area (Å²) in [6.45, 7) is 5.82. The molecule has 3 rings (SSSR count). The minimum Gasteiger partial charge on any atom is -0.322 e. The fraction of sp³-hybridized carbons (Fsp3) is 0.136. The van der Waals surface area contributed by atoms with Gasteiger partial charge in [-0.1, -0.05) is 29.8 Å². The summed E-state index contributed by atoms with van der Waals surface area (Å²) < 4.78 is 40.9. The van der Waals surface area contributed by atoms with E-state index in [0.29, 0.717) is 5.56 Å². The molecule has 2 N–H and O–H groups in total. The summed E-state index contributed by atoms with van der Waals surface area (Å²) in [4.78, 5) is 12.5. The Balaban J connectivity index is 1.79. The number of sulfonamides is 1. The molecule has 0 fully saturated rings. The number of amides is 1. The van der Waals surface area contributed by atoms with Crippen LogP contribution in [0.15, 0.2) is 65.6 Å². The van der Waals surface area contributed by atoms with E-state index in [1.54, 1.807) is 0 Å². The lowest BCUT2D eigenvalue weighted by Gasteiger charge is -2.13. The first-order valence-corrected chi connectivity index (χ1v) is 10.4. The summed E-state index contributed by atoms with van der Waals surface area (Å²) in [5.74, 6) is -1.01. The first-order chi connectivity index (χ1) is 13.7. The maximum absolute atomic E-state index is 13.7. The molecule has 5 nitrogen and oxygen atoms in total. The molecule has 29 heavy (non-hydrogen) atoms. The second-order valence-corrected chi connectivity index (χ2v) is 8.52. The molecule has 0 aliphatic rings. The third-order valence-corrected chi connectivity index (χ3v) is 5.84. The topological polar surface area (TPSA) is 75.3 Å². The molecule has 0 bridgehead atoms. The third-order valence-electron chi connectivity index (χ3n) is 4.46. The van der Waals surface area contributed by atoms with Gasteiger partial charge in [0.1, 0.15) is 5.82 Å². The van der Waals surface area contributed by atoms with Crippen molar-refractivity contribution in [3.8, 4) is 0 Å². The standard InChI is InChI=1S/C22H21FN2O3S/c1-14-12-15(2)21(16(3)13-14)24-22(26)17-8-10-18(11-9-17)29(27,28)25-20-7-5-4-6-19(20)23/h4-13,25H,1-3H3,(H,24,26). The molecule has 0 spiro atoms. The quantitative estimate of drug-likeness (QED) is 0.632. The van der Waals surface area contributed by atoms with Crippen molar-refractivity contribution in [2.45, 2.75) is 25.7 Å². The molecule has 0 saturated carbocycles. The zero-order valence-electron chi connectivity index (χ0n) is 16.3. The fourth-order valence-corrected chi connectivity index (χ4v) is 4.16. The van der Waals surface area contributed by atoms with Crippen LogP contribution in [0.4, 0.5) is 15.8 Å². The molecule has 3 aromatic rings. The third kappa shape index (κ3) is 4.63. The molecule has 7 heteroatoms. The zero-order valence-corrected chi connectivity index (χ0v) is 17.1. The number of hydrogen-bond acceptors (Lipinski definition) is 3. The maximum Gasteiger partial charge on any atom is 0.261 e. The number of anilines is 2. The van der Waals surface area contributed by atoms with Gasteiger partial charge in [-0.05, 0) is 68.3 Å². The second kappa shape index (κ2) is 8.05. The average Bonchev–Trinajstić information content (AvgIpc) is 2.66. The minimum absolute atomic E-state index is 0.0694. The summed E-state index contributed by atoms with van der Waals surface area (Å²) in [6.07, 6.45) is 0. The number of para-hydroxylation sites is 1. The first-order valence-electron chi connectivity index (χ1n) is 8.94. The van der Waals surface area contributed by atoms with Crippen LogP contribution < -0.4 is 10.0 Å². The summed E-state index contributed by atoms with van der Waals surface area (Å²) in [6, 6.07) is 14.9. The molecule has 0 aliphatic heterocycles. The van der Waals surface area contributed by atoms with E-state index in [2.05, 4.69) is 10.0 Å². The van der Waals surface area contributed by atoms with Crippen molar-refractivity contribution >= 4 is 27.3 Å². The van der Waals surface area contributed by atoms with Crippen LogP contribution in [0.25, 0.3) is 0 Å². The van der Waals surface area contributed by atoms with Gasteiger partial charge in [0, 0.05) is 11.3 Å². The highest BCUT2D eigenvalue weighted by molar-refractivity contribution is 7.92. The van der Waals surface area contributed by atoms with Gasteiger partial charge in [0.25, 0.3) is 15.9 Å². The molecule has 0 atom stereocenters. The highest BCUT2D eigenvalue weighted by Gasteiger charge is 2.17. The highest BCUT2D eigenvalue weighted by atomic mass is 32.2. The van der Waals surface area contributed by atoms with Gasteiger partial charge in [-0.2, -0.15) is 0 Å². The van der Waals surface area contributed by atoms with Crippen LogP contribution in [-0.4, -0.2) is 14.3 Å². The summed E-state index contributed by atoms with van der Waals surface area (Å²) in [5.41, 5.74) is 3.91. The van der Waals surface area contributed by atoms with Crippen molar-refractivity contribution in [3.63, 3.8) is 0 Å². The average molecular weight is 412 g/mol. The first kappa shape index (κ1) is 20.5. The molecule has 0 unspecified atom stereocenters. The lowest BCUT2D eigenvalue weighted by atomic mass is 10.0. The number of carbonyl (C=O) groups excluding carboxylic acids is 1. The Morgan fingerprint density at radius 3 is 2.07 bits per heavy atom. The number of benzene rings is 3. The number of halogens is 1. The summed E-state index contributed by atoms with van der Waals surface area (Å²) >= 11 is 0. The van der Waals surface area contributed by atoms with Crippen LogP contribution in [0.2, 0.25) is 0 Å². The Hall–Kier alpha value is -3.19. The number of carbonyl (C=O) groups is 1. The van der Waals surface area contributed by atoms with E-state index >= 15 is 0 Å². The van der Waals surface area contributed by atoms with Crippen molar-refractivity contribution < 1.29 is 17.6 Å². The van der Waals surface area contributed by atoms with Crippen LogP contribution in [0.1, 0.15) is 27.0 Å². The monoisotopic (exact) mass is 412 g/mol. The summed E-state index contributed by atoms with van der Waals surface area (Å²) in [5, 5.41) is 2.87. The highest BCUT2D eigenvalue weighted by Crippen LogP contribution is 2.23. The van der Waals surface area contributed by atoms with Crippen LogP contribution >= 0.6 is 0 Å². The minimum atomic E-state index is -3.98. The van der Waals surface area contributed by atoms with E-state index in [9.17, 15) is 17.6 Å². The van der Waals surface area contributed by atoms with Crippen molar-refractivity contribution in [2.75, 3.05) is 10.0 Å². The summed E-state index contributed by atoms with van der Waals surface area (Å²) in [7, 11) is -3.98. The lowest BCUT2D eigenvalue weighted by Crippen LogP contribution is -2.16. The molecule has 0 saturated heterocycles. The van der Waals surface area contributed by atoms with Gasteiger partial charge < -0.3 is 5.32 Å². The zero-order chi connectivity index (χ0) is 21.2. The van der Waals surface area contributed by atoms with E-state index in [0.717, 1.165) is 22.4 Å². The Bertz CT molecular complexity index is 1150. The van der Waals surface area contributed by atoms with Crippen molar-refractivity contribution in [3.05, 3.63) is 88.7 Å². The molecule has 3 aromatic carbocycles. The van der Waals surface area contributed by atoms with E-state index in [-0.39, 0.29) is 16.5 Å². The molecular weight excluding hydrogens is 391 g/mol. The molecule has 0 heterocycles. The van der Waals surface area contributed by atoms with Crippen molar-refractivity contribution in [2.24, 2.45) is 0 Å². The largest absolute Gasteiger partial charge is 0.322 e. The van der Waals surface area contributed by atoms with Crippen LogP contribution in [0.5, 0.6) is 0 Å². The number of aryl methyl sites for hydroxylation is 3. The molecular formula is C22H21FN2O3S. The fourth-order valence-electron chi connectivity index (χ4n) is 3.10. The molecule has 0 aliphatic carbocycles. The second-order valence-electron chi connectivity index (χ2n) is 6.84. The SMILES string of the molecule is Cc1cc(C)c(NC(=O)c2ccc(S(=O)(=O)Nc3ccccc3F)cc2)c(C)c1. The Labute approximate surface area is 169 Å². The van der Waals surface area contributed by atoms with Gasteiger partial charge in [0.15, 0.2) is 0 Å². The smallest absolute Gasteiger partial charge is 0.261 e. The number of nitrogens with one attached hydrogen (secondary N) is 2. The molecule has 0 radical (unpaired) electrons. The van der Waals surface area contributed by atoms with Crippen LogP contribution in [0.3, 0.4) is 0 Å². The van der Waals surface area contributed by atoms with E-state index < -0.39 is 15.8 Å². The number of rotatable bonds is 5. The Kier molecular flexibility index (Phi) is 5.70. The van der Waals surface area contributed by atoms with Gasteiger partial charge in [0.2, 0.25) is 0 Å². The van der Waals surface area contributed by atoms with Crippen LogP contribution in [0, 0.1) is 26.6 Å². The predicted octanol–water partition coefficient (Wildman–Crippen LogP) is 4.80. The molecule has 0 aromatic heterocycles. The van der Waals surface area contributed by atoms with E-state index in [1.807, 2.05) is 32.9 Å². The van der Waals surface area contributed by atoms with Crippen molar-refractivity contribution in [1.82, 2.24) is 0 Å². The van der Waals surface area contributed by atoms with Crippen LogP contribution in [-0.2, 0) is 10.0 Å². The van der Waals surface area contributed by atoms with Gasteiger partial charge in [-0.15, -0.1) is 0 Å². The van der Waals surface area contributed by atoms with E-state index in [1.165, 1.54) is 48.5 Å². The Morgan fingerprint density at radius 1 is 0.897 bits per heavy atom. The van der Waals surface area contributed by atoms with Gasteiger partial charge in [0.05, 0.1) is 10.6 Å².